The predicted molar refractivity (Wildman–Crippen MR) is 116 cm³/mol. The van der Waals surface area contributed by atoms with Gasteiger partial charge in [0, 0.05) is 24.4 Å². The maximum Gasteiger partial charge on any atom is 0.242 e. The molecule has 0 spiro atoms. The summed E-state index contributed by atoms with van der Waals surface area (Å²) in [5.41, 5.74) is 2.24. The van der Waals surface area contributed by atoms with Crippen LogP contribution in [0.5, 0.6) is 5.75 Å². The molecule has 0 saturated carbocycles. The van der Waals surface area contributed by atoms with E-state index in [1.54, 1.807) is 16.2 Å². The Morgan fingerprint density at radius 3 is 2.76 bits per heavy atom. The van der Waals surface area contributed by atoms with Crippen LogP contribution in [0.15, 0.2) is 35.7 Å². The molecule has 0 radical (unpaired) electrons. The van der Waals surface area contributed by atoms with Crippen LogP contribution < -0.4 is 4.74 Å². The first-order valence-corrected chi connectivity index (χ1v) is 11.1. The van der Waals surface area contributed by atoms with Gasteiger partial charge in [-0.15, -0.1) is 11.3 Å². The molecule has 1 aliphatic heterocycles. The molecule has 29 heavy (non-hydrogen) atoms. The molecule has 0 aliphatic carbocycles. The van der Waals surface area contributed by atoms with Crippen molar-refractivity contribution in [3.05, 3.63) is 51.7 Å². The van der Waals surface area contributed by atoms with Crippen LogP contribution in [0, 0.1) is 6.92 Å². The van der Waals surface area contributed by atoms with Crippen LogP contribution in [0.3, 0.4) is 0 Å². The molecule has 0 unspecified atom stereocenters. The lowest BCUT2D eigenvalue weighted by molar-refractivity contribution is -0.143. The summed E-state index contributed by atoms with van der Waals surface area (Å²) in [6.07, 6.45) is 1.67. The number of hydrogen-bond acceptors (Lipinski definition) is 4. The summed E-state index contributed by atoms with van der Waals surface area (Å²) in [5.74, 6) is 0.761. The van der Waals surface area contributed by atoms with Gasteiger partial charge in [0.25, 0.3) is 0 Å². The largest absolute Gasteiger partial charge is 0.491 e. The topological polar surface area (TPSA) is 49.9 Å². The average Bonchev–Trinajstić information content (AvgIpc) is 3.19. The second-order valence-corrected chi connectivity index (χ2v) is 8.63. The molecule has 2 heterocycles. The van der Waals surface area contributed by atoms with Gasteiger partial charge in [-0.25, -0.2) is 0 Å². The third-order valence-corrected chi connectivity index (χ3v) is 6.73. The van der Waals surface area contributed by atoms with Gasteiger partial charge in [0.2, 0.25) is 11.8 Å². The molecule has 156 valence electrons. The number of amides is 2. The van der Waals surface area contributed by atoms with E-state index in [-0.39, 0.29) is 30.4 Å². The summed E-state index contributed by atoms with van der Waals surface area (Å²) in [5, 5.41) is 2.08. The zero-order valence-electron chi connectivity index (χ0n) is 17.7. The number of ether oxygens (including phenoxy) is 1. The lowest BCUT2D eigenvalue weighted by atomic mass is 10.00. The molecule has 1 aromatic heterocycles. The van der Waals surface area contributed by atoms with Gasteiger partial charge in [-0.1, -0.05) is 25.1 Å². The molecule has 0 fully saturated rings. The van der Waals surface area contributed by atoms with E-state index in [0.29, 0.717) is 13.2 Å². The van der Waals surface area contributed by atoms with Crippen LogP contribution >= 0.6 is 11.3 Å². The molecule has 0 bridgehead atoms. The van der Waals surface area contributed by atoms with Crippen LogP contribution in [-0.2, 0) is 16.0 Å². The van der Waals surface area contributed by atoms with E-state index in [1.807, 2.05) is 49.9 Å². The Labute approximate surface area is 177 Å². The summed E-state index contributed by atoms with van der Waals surface area (Å²) in [7, 11) is 0. The Balaban J connectivity index is 1.79. The van der Waals surface area contributed by atoms with Gasteiger partial charge >= 0.3 is 0 Å². The number of rotatable bonds is 7. The fourth-order valence-electron chi connectivity index (χ4n) is 3.80. The van der Waals surface area contributed by atoms with E-state index in [4.69, 9.17) is 4.74 Å². The fraction of sp³-hybridized carbons (Fsp3) is 0.478. The van der Waals surface area contributed by atoms with Crippen molar-refractivity contribution in [2.24, 2.45) is 0 Å². The van der Waals surface area contributed by atoms with Gasteiger partial charge < -0.3 is 14.5 Å². The standard InChI is InChI=1S/C23H30N2O3S/c1-5-17(3)25(18(4)26)14-23(27)24-12-10-22-19(11-13-29-22)20(24)15-28-21-9-7-6-8-16(21)2/h6-9,11,13,17,20H,5,10,12,14-15H2,1-4H3/t17-,20+/m1/s1. The first-order valence-electron chi connectivity index (χ1n) is 10.2. The van der Waals surface area contributed by atoms with E-state index >= 15 is 0 Å². The number of thiophene rings is 1. The Kier molecular flexibility index (Phi) is 6.96. The summed E-state index contributed by atoms with van der Waals surface area (Å²) in [6, 6.07) is 9.93. The first kappa shape index (κ1) is 21.4. The highest BCUT2D eigenvalue weighted by Crippen LogP contribution is 2.34. The van der Waals surface area contributed by atoms with Crippen molar-refractivity contribution in [2.45, 2.75) is 52.6 Å². The second-order valence-electron chi connectivity index (χ2n) is 7.63. The minimum absolute atomic E-state index is 0.0178. The Morgan fingerprint density at radius 2 is 2.07 bits per heavy atom. The van der Waals surface area contributed by atoms with Gasteiger partial charge in [-0.2, -0.15) is 0 Å². The SMILES string of the molecule is CC[C@@H](C)N(CC(=O)N1CCc2sccc2[C@@H]1COc1ccccc1C)C(C)=O. The highest BCUT2D eigenvalue weighted by atomic mass is 32.1. The average molecular weight is 415 g/mol. The number of nitrogens with zero attached hydrogens (tertiary/aromatic N) is 2. The van der Waals surface area contributed by atoms with E-state index in [0.717, 1.165) is 24.2 Å². The van der Waals surface area contributed by atoms with Crippen molar-refractivity contribution in [2.75, 3.05) is 19.7 Å². The Morgan fingerprint density at radius 1 is 1.31 bits per heavy atom. The van der Waals surface area contributed by atoms with Crippen LogP contribution in [0.1, 0.15) is 49.2 Å². The third kappa shape index (κ3) is 4.81. The van der Waals surface area contributed by atoms with E-state index in [2.05, 4.69) is 11.4 Å². The number of fused-ring (bicyclic) bond motifs is 1. The van der Waals surface area contributed by atoms with Gasteiger partial charge in [0.15, 0.2) is 0 Å². The lowest BCUT2D eigenvalue weighted by Gasteiger charge is -2.38. The number of hydrogen-bond donors (Lipinski definition) is 0. The van der Waals surface area contributed by atoms with Crippen molar-refractivity contribution in [3.8, 4) is 5.75 Å². The van der Waals surface area contributed by atoms with Crippen LogP contribution in [0.25, 0.3) is 0 Å². The molecule has 1 aliphatic rings. The smallest absolute Gasteiger partial charge is 0.242 e. The summed E-state index contributed by atoms with van der Waals surface area (Å²) in [4.78, 5) is 30.2. The monoisotopic (exact) mass is 414 g/mol. The maximum atomic E-state index is 13.2. The van der Waals surface area contributed by atoms with Crippen molar-refractivity contribution in [1.29, 1.82) is 0 Å². The molecule has 2 amide bonds. The molecule has 1 aromatic carbocycles. The second kappa shape index (κ2) is 9.44. The zero-order valence-corrected chi connectivity index (χ0v) is 18.5. The Bertz CT molecular complexity index is 863. The highest BCUT2D eigenvalue weighted by molar-refractivity contribution is 7.10. The summed E-state index contributed by atoms with van der Waals surface area (Å²) in [6.45, 7) is 8.75. The predicted octanol–water partition coefficient (Wildman–Crippen LogP) is 4.21. The lowest BCUT2D eigenvalue weighted by Crippen LogP contribution is -2.49. The van der Waals surface area contributed by atoms with Gasteiger partial charge in [-0.05, 0) is 55.3 Å². The van der Waals surface area contributed by atoms with Crippen LogP contribution in [0.2, 0.25) is 0 Å². The summed E-state index contributed by atoms with van der Waals surface area (Å²) < 4.78 is 6.13. The zero-order chi connectivity index (χ0) is 21.0. The molecule has 0 N–H and O–H groups in total. The number of carbonyl (C=O) groups excluding carboxylic acids is 2. The quantitative estimate of drug-likeness (QED) is 0.682. The van der Waals surface area contributed by atoms with Gasteiger partial charge in [-0.3, -0.25) is 9.59 Å². The molecular formula is C23H30N2O3S. The van der Waals surface area contributed by atoms with Crippen molar-refractivity contribution >= 4 is 23.2 Å². The van der Waals surface area contributed by atoms with Gasteiger partial charge in [0.1, 0.15) is 12.4 Å². The van der Waals surface area contributed by atoms with Crippen molar-refractivity contribution < 1.29 is 14.3 Å². The minimum Gasteiger partial charge on any atom is -0.491 e. The fourth-order valence-corrected chi connectivity index (χ4v) is 4.72. The molecule has 2 atom stereocenters. The number of benzene rings is 1. The van der Waals surface area contributed by atoms with Crippen molar-refractivity contribution in [1.82, 2.24) is 9.80 Å². The molecule has 3 rings (SSSR count). The van der Waals surface area contributed by atoms with E-state index in [9.17, 15) is 9.59 Å². The Hall–Kier alpha value is -2.34. The van der Waals surface area contributed by atoms with Crippen LogP contribution in [0.4, 0.5) is 0 Å². The van der Waals surface area contributed by atoms with Crippen LogP contribution in [-0.4, -0.2) is 47.4 Å². The van der Waals surface area contributed by atoms with E-state index in [1.165, 1.54) is 17.4 Å². The normalized spacial score (nSPS) is 16.8. The first-order chi connectivity index (χ1) is 13.9. The van der Waals surface area contributed by atoms with E-state index < -0.39 is 0 Å². The molecule has 2 aromatic rings. The molecular weight excluding hydrogens is 384 g/mol. The van der Waals surface area contributed by atoms with Gasteiger partial charge in [0.05, 0.1) is 12.6 Å². The molecule has 0 saturated heterocycles. The molecule has 6 heteroatoms. The van der Waals surface area contributed by atoms with Crippen molar-refractivity contribution in [3.63, 3.8) is 0 Å². The number of aryl methyl sites for hydroxylation is 1. The summed E-state index contributed by atoms with van der Waals surface area (Å²) >= 11 is 1.74. The number of para-hydroxylation sites is 1. The third-order valence-electron chi connectivity index (χ3n) is 5.74. The number of carbonyl (C=O) groups is 2. The molecule has 5 nitrogen and oxygen atoms in total. The minimum atomic E-state index is -0.136. The maximum absolute atomic E-state index is 13.2. The highest BCUT2D eigenvalue weighted by Gasteiger charge is 2.33.